The highest BCUT2D eigenvalue weighted by molar-refractivity contribution is 5.88. The number of methoxy groups -OCH3 is 1. The van der Waals surface area contributed by atoms with E-state index in [0.29, 0.717) is 12.2 Å². The molecule has 0 N–H and O–H groups in total. The lowest BCUT2D eigenvalue weighted by atomic mass is 9.97. The average Bonchev–Trinajstić information content (AvgIpc) is 3.18. The standard InChI is InChI=1S/C16H27N3O2/c1-17-12-13(16(20)21-2)11-14(18-7-3-4-8-18)15(17)19-9-5-6-10-19/h12,14-15H,3-11H2,1-2H3/t14-,15+/m0/s1. The number of carbonyl (C=O) groups is 1. The van der Waals surface area contributed by atoms with Gasteiger partial charge < -0.3 is 9.64 Å². The third-order valence-corrected chi connectivity index (χ3v) is 5.12. The van der Waals surface area contributed by atoms with Crippen LogP contribution in [0.4, 0.5) is 0 Å². The van der Waals surface area contributed by atoms with Crippen molar-refractivity contribution in [2.24, 2.45) is 0 Å². The molecule has 2 saturated heterocycles. The Balaban J connectivity index is 1.84. The van der Waals surface area contributed by atoms with Crippen molar-refractivity contribution in [1.29, 1.82) is 0 Å². The van der Waals surface area contributed by atoms with E-state index in [9.17, 15) is 4.79 Å². The molecule has 0 aromatic carbocycles. The molecule has 0 bridgehead atoms. The van der Waals surface area contributed by atoms with Crippen molar-refractivity contribution < 1.29 is 9.53 Å². The molecule has 0 saturated carbocycles. The van der Waals surface area contributed by atoms with Gasteiger partial charge in [0.1, 0.15) is 0 Å². The molecule has 118 valence electrons. The molecular formula is C16H27N3O2. The van der Waals surface area contributed by atoms with Crippen LogP contribution in [0.15, 0.2) is 11.8 Å². The summed E-state index contributed by atoms with van der Waals surface area (Å²) in [6.07, 6.45) is 8.38. The molecule has 0 aromatic rings. The minimum atomic E-state index is -0.175. The van der Waals surface area contributed by atoms with Gasteiger partial charge in [-0.2, -0.15) is 0 Å². The first kappa shape index (κ1) is 14.9. The van der Waals surface area contributed by atoms with Crippen LogP contribution in [-0.4, -0.2) is 73.2 Å². The third kappa shape index (κ3) is 2.94. The van der Waals surface area contributed by atoms with E-state index < -0.39 is 0 Å². The van der Waals surface area contributed by atoms with E-state index in [0.717, 1.165) is 25.1 Å². The molecule has 0 aliphatic carbocycles. The Morgan fingerprint density at radius 2 is 1.67 bits per heavy atom. The molecule has 0 unspecified atom stereocenters. The number of rotatable bonds is 3. The van der Waals surface area contributed by atoms with E-state index in [-0.39, 0.29) is 5.97 Å². The van der Waals surface area contributed by atoms with Gasteiger partial charge in [0, 0.05) is 32.4 Å². The number of hydrogen-bond acceptors (Lipinski definition) is 5. The summed E-state index contributed by atoms with van der Waals surface area (Å²) in [6, 6.07) is 0.412. The van der Waals surface area contributed by atoms with Crippen molar-refractivity contribution in [2.45, 2.75) is 44.3 Å². The van der Waals surface area contributed by atoms with Gasteiger partial charge in [0.2, 0.25) is 0 Å². The van der Waals surface area contributed by atoms with Crippen LogP contribution >= 0.6 is 0 Å². The summed E-state index contributed by atoms with van der Waals surface area (Å²) >= 11 is 0. The summed E-state index contributed by atoms with van der Waals surface area (Å²) in [5.41, 5.74) is 0.812. The van der Waals surface area contributed by atoms with Crippen LogP contribution in [-0.2, 0) is 9.53 Å². The van der Waals surface area contributed by atoms with Crippen LogP contribution in [0.3, 0.4) is 0 Å². The number of likely N-dealkylation sites (N-methyl/N-ethyl adjacent to an activating group) is 1. The molecule has 0 amide bonds. The largest absolute Gasteiger partial charge is 0.466 e. The summed E-state index contributed by atoms with van der Waals surface area (Å²) in [5.74, 6) is -0.175. The second-order valence-electron chi connectivity index (χ2n) is 6.48. The van der Waals surface area contributed by atoms with E-state index in [1.165, 1.54) is 45.9 Å². The Morgan fingerprint density at radius 3 is 2.24 bits per heavy atom. The van der Waals surface area contributed by atoms with Crippen molar-refractivity contribution in [1.82, 2.24) is 14.7 Å². The molecular weight excluding hydrogens is 266 g/mol. The van der Waals surface area contributed by atoms with E-state index in [2.05, 4.69) is 21.7 Å². The zero-order valence-corrected chi connectivity index (χ0v) is 13.3. The van der Waals surface area contributed by atoms with Crippen LogP contribution in [0.2, 0.25) is 0 Å². The van der Waals surface area contributed by atoms with E-state index in [4.69, 9.17) is 4.74 Å². The summed E-state index contributed by atoms with van der Waals surface area (Å²) in [4.78, 5) is 19.4. The molecule has 2 atom stereocenters. The monoisotopic (exact) mass is 293 g/mol. The topological polar surface area (TPSA) is 36.0 Å². The molecule has 3 aliphatic rings. The molecule has 0 spiro atoms. The first-order valence-electron chi connectivity index (χ1n) is 8.20. The third-order valence-electron chi connectivity index (χ3n) is 5.12. The summed E-state index contributed by atoms with van der Waals surface area (Å²) in [6.45, 7) is 4.69. The Bertz CT molecular complexity index is 412. The molecule has 0 aromatic heterocycles. The van der Waals surface area contributed by atoms with Crippen LogP contribution in [0.25, 0.3) is 0 Å². The van der Waals surface area contributed by atoms with E-state index in [1.54, 1.807) is 0 Å². The minimum absolute atomic E-state index is 0.175. The molecule has 5 heteroatoms. The Morgan fingerprint density at radius 1 is 1.10 bits per heavy atom. The van der Waals surface area contributed by atoms with Crippen LogP contribution in [0, 0.1) is 0 Å². The maximum Gasteiger partial charge on any atom is 0.335 e. The maximum atomic E-state index is 12.0. The second-order valence-corrected chi connectivity index (χ2v) is 6.48. The summed E-state index contributed by atoms with van der Waals surface area (Å²) in [5, 5.41) is 0. The SMILES string of the molecule is COC(=O)C1=CN(C)[C@H](N2CCCC2)[C@@H](N2CCCC2)C1. The van der Waals surface area contributed by atoms with Gasteiger partial charge in [-0.25, -0.2) is 4.79 Å². The zero-order valence-electron chi connectivity index (χ0n) is 13.3. The van der Waals surface area contributed by atoms with Crippen molar-refractivity contribution in [3.63, 3.8) is 0 Å². The van der Waals surface area contributed by atoms with Gasteiger partial charge in [-0.3, -0.25) is 9.80 Å². The van der Waals surface area contributed by atoms with Gasteiger partial charge in [0.25, 0.3) is 0 Å². The lowest BCUT2D eigenvalue weighted by molar-refractivity contribution is -0.137. The smallest absolute Gasteiger partial charge is 0.335 e. The fourth-order valence-electron chi connectivity index (χ4n) is 4.14. The van der Waals surface area contributed by atoms with Crippen molar-refractivity contribution in [3.8, 4) is 0 Å². The van der Waals surface area contributed by atoms with Gasteiger partial charge in [-0.1, -0.05) is 0 Å². The van der Waals surface area contributed by atoms with Crippen LogP contribution in [0.1, 0.15) is 32.1 Å². The number of hydrogen-bond donors (Lipinski definition) is 0. The molecule has 0 radical (unpaired) electrons. The number of likely N-dealkylation sites (tertiary alicyclic amines) is 2. The summed E-state index contributed by atoms with van der Waals surface area (Å²) < 4.78 is 4.94. The molecule has 3 heterocycles. The average molecular weight is 293 g/mol. The number of ether oxygens (including phenoxy) is 1. The minimum Gasteiger partial charge on any atom is -0.466 e. The highest BCUT2D eigenvalue weighted by atomic mass is 16.5. The first-order chi connectivity index (χ1) is 10.2. The molecule has 5 nitrogen and oxygen atoms in total. The van der Waals surface area contributed by atoms with Crippen molar-refractivity contribution >= 4 is 5.97 Å². The Labute approximate surface area is 127 Å². The predicted molar refractivity (Wildman–Crippen MR) is 81.7 cm³/mol. The lowest BCUT2D eigenvalue weighted by Gasteiger charge is -2.46. The van der Waals surface area contributed by atoms with E-state index >= 15 is 0 Å². The highest BCUT2D eigenvalue weighted by Crippen LogP contribution is 2.31. The van der Waals surface area contributed by atoms with E-state index in [1.807, 2.05) is 6.20 Å². The molecule has 2 fully saturated rings. The van der Waals surface area contributed by atoms with Crippen LogP contribution < -0.4 is 0 Å². The molecule has 3 aliphatic heterocycles. The van der Waals surface area contributed by atoms with Crippen LogP contribution in [0.5, 0.6) is 0 Å². The van der Waals surface area contributed by atoms with Gasteiger partial charge in [-0.05, 0) is 45.2 Å². The lowest BCUT2D eigenvalue weighted by Crippen LogP contribution is -2.58. The zero-order chi connectivity index (χ0) is 14.8. The second kappa shape index (κ2) is 6.36. The fraction of sp³-hybridized carbons (Fsp3) is 0.812. The molecule has 21 heavy (non-hydrogen) atoms. The number of carbonyl (C=O) groups excluding carboxylic acids is 1. The Hall–Kier alpha value is -1.07. The van der Waals surface area contributed by atoms with Gasteiger partial charge in [0.15, 0.2) is 0 Å². The quantitative estimate of drug-likeness (QED) is 0.732. The van der Waals surface area contributed by atoms with Gasteiger partial charge in [-0.15, -0.1) is 0 Å². The Kier molecular flexibility index (Phi) is 4.50. The normalized spacial score (nSPS) is 31.5. The van der Waals surface area contributed by atoms with Gasteiger partial charge >= 0.3 is 5.97 Å². The highest BCUT2D eigenvalue weighted by Gasteiger charge is 2.40. The van der Waals surface area contributed by atoms with Gasteiger partial charge in [0.05, 0.1) is 18.8 Å². The summed E-state index contributed by atoms with van der Waals surface area (Å²) in [7, 11) is 3.58. The predicted octanol–water partition coefficient (Wildman–Crippen LogP) is 1.27. The van der Waals surface area contributed by atoms with Crippen molar-refractivity contribution in [2.75, 3.05) is 40.3 Å². The molecule has 3 rings (SSSR count). The van der Waals surface area contributed by atoms with Crippen molar-refractivity contribution in [3.05, 3.63) is 11.8 Å². The maximum absolute atomic E-state index is 12.0. The fourth-order valence-corrected chi connectivity index (χ4v) is 4.14. The number of nitrogens with zero attached hydrogens (tertiary/aromatic N) is 3. The number of esters is 1. The first-order valence-corrected chi connectivity index (χ1v) is 8.20.